The molecule has 0 amide bonds. The van der Waals surface area contributed by atoms with Gasteiger partial charge in [0.05, 0.1) is 21.9 Å². The van der Waals surface area contributed by atoms with E-state index in [4.69, 9.17) is 4.74 Å². The van der Waals surface area contributed by atoms with E-state index in [2.05, 4.69) is 5.32 Å². The second kappa shape index (κ2) is 11.7. The van der Waals surface area contributed by atoms with Crippen molar-refractivity contribution in [3.05, 3.63) is 23.8 Å². The van der Waals surface area contributed by atoms with E-state index in [0.29, 0.717) is 57.6 Å². The molecule has 1 heterocycles. The second-order valence-electron chi connectivity index (χ2n) is 7.91. The maximum Gasteiger partial charge on any atom is 0.389 e. The average molecular weight is 466 g/mol. The van der Waals surface area contributed by atoms with Crippen LogP contribution >= 0.6 is 0 Å². The van der Waals surface area contributed by atoms with E-state index in [0.717, 1.165) is 6.42 Å². The predicted octanol–water partition coefficient (Wildman–Crippen LogP) is 4.90. The van der Waals surface area contributed by atoms with Crippen LogP contribution in [-0.4, -0.2) is 51.2 Å². The summed E-state index contributed by atoms with van der Waals surface area (Å²) in [5.74, 6) is -1.29. The summed E-state index contributed by atoms with van der Waals surface area (Å²) in [5, 5.41) is 12.3. The van der Waals surface area contributed by atoms with Crippen LogP contribution in [-0.2, 0) is 14.6 Å². The number of nitrogens with one attached hydrogen (secondary N) is 1. The highest BCUT2D eigenvalue weighted by atomic mass is 32.2. The molecular weight excluding hydrogens is 435 g/mol. The molecule has 0 saturated carbocycles. The van der Waals surface area contributed by atoms with Crippen LogP contribution in [0.2, 0.25) is 0 Å². The largest absolute Gasteiger partial charge is 0.478 e. The van der Waals surface area contributed by atoms with Crippen molar-refractivity contribution in [3.63, 3.8) is 0 Å². The number of carbonyl (C=O) groups is 1. The molecule has 0 unspecified atom stereocenters. The number of hydrogen-bond donors (Lipinski definition) is 2. The van der Waals surface area contributed by atoms with E-state index >= 15 is 0 Å². The molecule has 2 rings (SSSR count). The van der Waals surface area contributed by atoms with E-state index in [1.54, 1.807) is 0 Å². The van der Waals surface area contributed by atoms with Crippen molar-refractivity contribution in [2.45, 2.75) is 62.4 Å². The third-order valence-corrected chi connectivity index (χ3v) is 7.23. The Labute approximate surface area is 181 Å². The zero-order chi connectivity index (χ0) is 22.9. The van der Waals surface area contributed by atoms with Gasteiger partial charge >= 0.3 is 12.1 Å². The van der Waals surface area contributed by atoms with Crippen LogP contribution < -0.4 is 5.32 Å². The molecule has 1 aromatic rings. The summed E-state index contributed by atoms with van der Waals surface area (Å²) < 4.78 is 67.7. The molecular formula is C21H30F3NO5S. The molecule has 1 saturated heterocycles. The molecule has 10 heteroatoms. The number of ether oxygens (including phenoxy) is 1. The highest BCUT2D eigenvalue weighted by Crippen LogP contribution is 2.28. The quantitative estimate of drug-likeness (QED) is 0.427. The first-order valence-corrected chi connectivity index (χ1v) is 12.2. The van der Waals surface area contributed by atoms with Crippen LogP contribution in [0.15, 0.2) is 23.1 Å². The summed E-state index contributed by atoms with van der Waals surface area (Å²) >= 11 is 0. The number of carboxylic acid groups (broad SMARTS) is 1. The first-order chi connectivity index (χ1) is 14.6. The number of benzene rings is 1. The molecule has 176 valence electrons. The Bertz CT molecular complexity index is 821. The maximum atomic E-state index is 13.0. The third-order valence-electron chi connectivity index (χ3n) is 5.31. The van der Waals surface area contributed by atoms with Crippen LogP contribution in [0.3, 0.4) is 0 Å². The number of aromatic carboxylic acids is 1. The fourth-order valence-electron chi connectivity index (χ4n) is 3.58. The lowest BCUT2D eigenvalue weighted by atomic mass is 10.0. The predicted molar refractivity (Wildman–Crippen MR) is 111 cm³/mol. The molecule has 0 radical (unpaired) electrons. The van der Waals surface area contributed by atoms with Gasteiger partial charge in [0.2, 0.25) is 0 Å². The molecule has 2 N–H and O–H groups in total. The van der Waals surface area contributed by atoms with Gasteiger partial charge in [-0.3, -0.25) is 0 Å². The number of rotatable bonds is 12. The van der Waals surface area contributed by atoms with Gasteiger partial charge in [-0.25, -0.2) is 13.2 Å². The van der Waals surface area contributed by atoms with Crippen molar-refractivity contribution < 1.29 is 36.2 Å². The molecule has 1 aromatic carbocycles. The zero-order valence-electron chi connectivity index (χ0n) is 17.4. The molecule has 0 aliphatic carbocycles. The molecule has 0 bridgehead atoms. The Kier molecular flexibility index (Phi) is 9.61. The number of anilines is 1. The summed E-state index contributed by atoms with van der Waals surface area (Å²) in [6.07, 6.45) is -0.908. The van der Waals surface area contributed by atoms with E-state index < -0.39 is 28.4 Å². The normalized spacial score (nSPS) is 15.7. The Hall–Kier alpha value is -1.81. The number of hydrogen-bond acceptors (Lipinski definition) is 5. The Morgan fingerprint density at radius 3 is 2.39 bits per heavy atom. The van der Waals surface area contributed by atoms with Gasteiger partial charge in [0.25, 0.3) is 0 Å². The molecule has 1 fully saturated rings. The van der Waals surface area contributed by atoms with Gasteiger partial charge in [-0.05, 0) is 49.8 Å². The molecule has 31 heavy (non-hydrogen) atoms. The molecule has 1 aliphatic heterocycles. The first kappa shape index (κ1) is 25.5. The van der Waals surface area contributed by atoms with Crippen LogP contribution in [0, 0.1) is 5.92 Å². The highest BCUT2D eigenvalue weighted by Gasteiger charge is 2.27. The standard InChI is InChI=1S/C21H30F3NO5S/c22-21(23,24)10-4-2-1-3-5-11-25-18-7-6-17(20(26)27)14-19(18)31(28,29)15-16-8-12-30-13-9-16/h6-7,14,16,25H,1-5,8-13,15H2,(H,26,27). The molecule has 0 aromatic heterocycles. The summed E-state index contributed by atoms with van der Waals surface area (Å²) in [4.78, 5) is 11.3. The Balaban J connectivity index is 1.94. The van der Waals surface area contributed by atoms with Gasteiger partial charge < -0.3 is 15.2 Å². The van der Waals surface area contributed by atoms with Crippen LogP contribution in [0.25, 0.3) is 0 Å². The van der Waals surface area contributed by atoms with Gasteiger partial charge in [-0.15, -0.1) is 0 Å². The third kappa shape index (κ3) is 9.06. The van der Waals surface area contributed by atoms with Gasteiger partial charge in [0, 0.05) is 26.2 Å². The Morgan fingerprint density at radius 2 is 1.74 bits per heavy atom. The zero-order valence-corrected chi connectivity index (χ0v) is 18.2. The second-order valence-corrected chi connectivity index (χ2v) is 9.92. The number of sulfone groups is 1. The van der Waals surface area contributed by atoms with Crippen molar-refractivity contribution in [2.24, 2.45) is 5.92 Å². The lowest BCUT2D eigenvalue weighted by Crippen LogP contribution is -2.24. The highest BCUT2D eigenvalue weighted by molar-refractivity contribution is 7.91. The van der Waals surface area contributed by atoms with Gasteiger partial charge in [0.15, 0.2) is 9.84 Å². The van der Waals surface area contributed by atoms with Crippen LogP contribution in [0.4, 0.5) is 18.9 Å². The van der Waals surface area contributed by atoms with E-state index in [-0.39, 0.29) is 28.6 Å². The first-order valence-electron chi connectivity index (χ1n) is 10.6. The topological polar surface area (TPSA) is 92.7 Å². The SMILES string of the molecule is O=C(O)c1ccc(NCCCCCCCC(F)(F)F)c(S(=O)(=O)CC2CCOCC2)c1. The van der Waals surface area contributed by atoms with Crippen LogP contribution in [0.5, 0.6) is 0 Å². The summed E-state index contributed by atoms with van der Waals surface area (Å²) in [5.41, 5.74) is 0.259. The number of halogens is 3. The van der Waals surface area contributed by atoms with E-state index in [1.165, 1.54) is 18.2 Å². The fraction of sp³-hybridized carbons (Fsp3) is 0.667. The van der Waals surface area contributed by atoms with E-state index in [9.17, 15) is 31.5 Å². The minimum Gasteiger partial charge on any atom is -0.478 e. The number of unbranched alkanes of at least 4 members (excludes halogenated alkanes) is 4. The van der Waals surface area contributed by atoms with Crippen molar-refractivity contribution in [1.29, 1.82) is 0 Å². The van der Waals surface area contributed by atoms with Gasteiger partial charge in [-0.2, -0.15) is 13.2 Å². The smallest absolute Gasteiger partial charge is 0.389 e. The summed E-state index contributed by atoms with van der Waals surface area (Å²) in [6.45, 7) is 1.48. The number of carboxylic acids is 1. The summed E-state index contributed by atoms with van der Waals surface area (Å²) in [6, 6.07) is 4.01. The lowest BCUT2D eigenvalue weighted by Gasteiger charge is -2.22. The van der Waals surface area contributed by atoms with Crippen molar-refractivity contribution in [1.82, 2.24) is 0 Å². The van der Waals surface area contributed by atoms with Crippen LogP contribution in [0.1, 0.15) is 61.7 Å². The average Bonchev–Trinajstić information content (AvgIpc) is 2.69. The molecule has 0 spiro atoms. The minimum absolute atomic E-state index is 0.0240. The fourth-order valence-corrected chi connectivity index (χ4v) is 5.49. The number of alkyl halides is 3. The van der Waals surface area contributed by atoms with Gasteiger partial charge in [0.1, 0.15) is 0 Å². The van der Waals surface area contributed by atoms with E-state index in [1.807, 2.05) is 0 Å². The molecule has 0 atom stereocenters. The van der Waals surface area contributed by atoms with Crippen molar-refractivity contribution in [2.75, 3.05) is 30.8 Å². The maximum absolute atomic E-state index is 13.0. The van der Waals surface area contributed by atoms with Gasteiger partial charge in [-0.1, -0.05) is 19.3 Å². The minimum atomic E-state index is -4.11. The molecule has 6 nitrogen and oxygen atoms in total. The van der Waals surface area contributed by atoms with Crippen molar-refractivity contribution >= 4 is 21.5 Å². The lowest BCUT2D eigenvalue weighted by molar-refractivity contribution is -0.135. The monoisotopic (exact) mass is 465 g/mol. The van der Waals surface area contributed by atoms with Crippen molar-refractivity contribution in [3.8, 4) is 0 Å². The molecule has 1 aliphatic rings. The Morgan fingerprint density at radius 1 is 1.10 bits per heavy atom. The summed E-state index contributed by atoms with van der Waals surface area (Å²) in [7, 11) is -3.70.